The van der Waals surface area contributed by atoms with Gasteiger partial charge in [-0.1, -0.05) is 0 Å². The molecule has 0 spiro atoms. The van der Waals surface area contributed by atoms with Crippen molar-refractivity contribution >= 4 is 31.9 Å². The van der Waals surface area contributed by atoms with E-state index in [-0.39, 0.29) is 6.04 Å². The summed E-state index contributed by atoms with van der Waals surface area (Å²) in [6.45, 7) is 0.753. The van der Waals surface area contributed by atoms with Crippen molar-refractivity contribution < 1.29 is 9.47 Å². The van der Waals surface area contributed by atoms with Crippen molar-refractivity contribution in [2.75, 3.05) is 20.8 Å². The van der Waals surface area contributed by atoms with Gasteiger partial charge in [-0.2, -0.15) is 0 Å². The summed E-state index contributed by atoms with van der Waals surface area (Å²) in [7, 11) is 3.64. The summed E-state index contributed by atoms with van der Waals surface area (Å²) < 4.78 is 13.1. The Morgan fingerprint density at radius 1 is 1.47 bits per heavy atom. The van der Waals surface area contributed by atoms with E-state index >= 15 is 0 Å². The van der Waals surface area contributed by atoms with E-state index in [0.29, 0.717) is 0 Å². The van der Waals surface area contributed by atoms with Crippen LogP contribution in [0.5, 0.6) is 11.5 Å². The van der Waals surface area contributed by atoms with E-state index in [4.69, 9.17) is 9.47 Å². The van der Waals surface area contributed by atoms with E-state index in [1.165, 1.54) is 0 Å². The van der Waals surface area contributed by atoms with Crippen LogP contribution in [-0.4, -0.2) is 20.8 Å². The first kappa shape index (κ1) is 13.2. The molecule has 1 aromatic rings. The number of fused-ring (bicyclic) bond motifs is 1. The van der Waals surface area contributed by atoms with Gasteiger partial charge in [-0.15, -0.1) is 0 Å². The summed E-state index contributed by atoms with van der Waals surface area (Å²) in [5.74, 6) is 1.73. The fourth-order valence-electron chi connectivity index (χ4n) is 2.11. The van der Waals surface area contributed by atoms with Gasteiger partial charge in [0.1, 0.15) is 11.5 Å². The van der Waals surface area contributed by atoms with Gasteiger partial charge in [0.25, 0.3) is 0 Å². The van der Waals surface area contributed by atoms with Gasteiger partial charge in [-0.05, 0) is 57.8 Å². The molecule has 0 saturated carbocycles. The standard InChI is InChI=1S/C12H15Br2NO2/c1-15-8-4-3-5-17-12-7(13)6-9(16-2)11(14)10(8)12/h6,8,15H,3-5H2,1-2H3. The zero-order valence-electron chi connectivity index (χ0n) is 9.85. The molecule has 0 fully saturated rings. The van der Waals surface area contributed by atoms with Crippen LogP contribution in [-0.2, 0) is 0 Å². The summed E-state index contributed by atoms with van der Waals surface area (Å²) >= 11 is 7.16. The second kappa shape index (κ2) is 5.59. The number of methoxy groups -OCH3 is 1. The van der Waals surface area contributed by atoms with Crippen LogP contribution in [0.1, 0.15) is 24.4 Å². The van der Waals surface area contributed by atoms with Crippen LogP contribution < -0.4 is 14.8 Å². The largest absolute Gasteiger partial charge is 0.496 e. The summed E-state index contributed by atoms with van der Waals surface area (Å²) in [6.07, 6.45) is 2.10. The van der Waals surface area contributed by atoms with Gasteiger partial charge >= 0.3 is 0 Å². The quantitative estimate of drug-likeness (QED) is 0.868. The number of benzene rings is 1. The van der Waals surface area contributed by atoms with Gasteiger partial charge in [0.15, 0.2) is 0 Å². The summed E-state index contributed by atoms with van der Waals surface area (Å²) in [5, 5.41) is 3.33. The molecule has 5 heteroatoms. The highest BCUT2D eigenvalue weighted by molar-refractivity contribution is 9.11. The first-order valence-corrected chi connectivity index (χ1v) is 7.13. The van der Waals surface area contributed by atoms with Gasteiger partial charge in [0, 0.05) is 11.6 Å². The third-order valence-electron chi connectivity index (χ3n) is 2.97. The van der Waals surface area contributed by atoms with Crippen LogP contribution in [0.25, 0.3) is 0 Å². The van der Waals surface area contributed by atoms with Crippen LogP contribution in [0, 0.1) is 0 Å². The topological polar surface area (TPSA) is 30.5 Å². The fraction of sp³-hybridized carbons (Fsp3) is 0.500. The molecular formula is C12H15Br2NO2. The summed E-state index contributed by atoms with van der Waals surface area (Å²) in [6, 6.07) is 2.22. The van der Waals surface area contributed by atoms with Crippen molar-refractivity contribution in [3.8, 4) is 11.5 Å². The monoisotopic (exact) mass is 363 g/mol. The zero-order valence-corrected chi connectivity index (χ0v) is 13.0. The molecule has 0 saturated heterocycles. The SMILES string of the molecule is CNC1CCCOc2c(Br)cc(OC)c(Br)c21. The van der Waals surface area contributed by atoms with Gasteiger partial charge in [0.2, 0.25) is 0 Å². The number of nitrogens with one attached hydrogen (secondary N) is 1. The highest BCUT2D eigenvalue weighted by Crippen LogP contribution is 2.46. The van der Waals surface area contributed by atoms with E-state index in [1.807, 2.05) is 13.1 Å². The van der Waals surface area contributed by atoms with E-state index in [9.17, 15) is 0 Å². The Morgan fingerprint density at radius 2 is 2.24 bits per heavy atom. The van der Waals surface area contributed by atoms with Gasteiger partial charge < -0.3 is 14.8 Å². The highest BCUT2D eigenvalue weighted by atomic mass is 79.9. The summed E-state index contributed by atoms with van der Waals surface area (Å²) in [5.41, 5.74) is 1.14. The molecule has 0 radical (unpaired) electrons. The molecule has 17 heavy (non-hydrogen) atoms. The van der Waals surface area contributed by atoms with Crippen molar-refractivity contribution in [2.45, 2.75) is 18.9 Å². The molecule has 0 aromatic heterocycles. The molecule has 2 rings (SSSR count). The normalized spacial score (nSPS) is 19.2. The van der Waals surface area contributed by atoms with Crippen molar-refractivity contribution in [3.63, 3.8) is 0 Å². The average molecular weight is 365 g/mol. The predicted octanol–water partition coefficient (Wildman–Crippen LogP) is 3.65. The molecule has 0 amide bonds. The maximum Gasteiger partial charge on any atom is 0.139 e. The number of rotatable bonds is 2. The Morgan fingerprint density at radius 3 is 2.88 bits per heavy atom. The maximum atomic E-state index is 5.82. The van der Waals surface area contributed by atoms with Gasteiger partial charge in [-0.25, -0.2) is 0 Å². The molecule has 1 unspecified atom stereocenters. The lowest BCUT2D eigenvalue weighted by Crippen LogP contribution is -2.16. The smallest absolute Gasteiger partial charge is 0.139 e. The first-order chi connectivity index (χ1) is 8.19. The first-order valence-electron chi connectivity index (χ1n) is 5.55. The second-order valence-corrected chi connectivity index (χ2v) is 5.60. The Hall–Kier alpha value is -0.260. The zero-order chi connectivity index (χ0) is 12.4. The third kappa shape index (κ3) is 2.46. The molecule has 1 aliphatic heterocycles. The summed E-state index contributed by atoms with van der Waals surface area (Å²) in [4.78, 5) is 0. The van der Waals surface area contributed by atoms with Crippen LogP contribution in [0.3, 0.4) is 0 Å². The minimum atomic E-state index is 0.285. The van der Waals surface area contributed by atoms with Crippen LogP contribution in [0.15, 0.2) is 15.0 Å². The van der Waals surface area contributed by atoms with Crippen molar-refractivity contribution in [2.24, 2.45) is 0 Å². The number of ether oxygens (including phenoxy) is 2. The molecule has 94 valence electrons. The number of halogens is 2. The fourth-order valence-corrected chi connectivity index (χ4v) is 3.37. The van der Waals surface area contributed by atoms with Crippen molar-refractivity contribution in [3.05, 3.63) is 20.6 Å². The molecular weight excluding hydrogens is 350 g/mol. The Kier molecular flexibility index (Phi) is 4.33. The lowest BCUT2D eigenvalue weighted by molar-refractivity contribution is 0.313. The molecule has 1 N–H and O–H groups in total. The number of hydrogen-bond donors (Lipinski definition) is 1. The average Bonchev–Trinajstić information content (AvgIpc) is 2.56. The maximum absolute atomic E-state index is 5.82. The van der Waals surface area contributed by atoms with E-state index < -0.39 is 0 Å². The predicted molar refractivity (Wildman–Crippen MR) is 74.9 cm³/mol. The van der Waals surface area contributed by atoms with E-state index in [1.54, 1.807) is 7.11 Å². The molecule has 1 aliphatic rings. The molecule has 0 bridgehead atoms. The van der Waals surface area contributed by atoms with Crippen molar-refractivity contribution in [1.29, 1.82) is 0 Å². The van der Waals surface area contributed by atoms with Crippen LogP contribution in [0.4, 0.5) is 0 Å². The minimum Gasteiger partial charge on any atom is -0.496 e. The van der Waals surface area contributed by atoms with E-state index in [2.05, 4.69) is 37.2 Å². The molecule has 3 nitrogen and oxygen atoms in total. The second-order valence-electron chi connectivity index (χ2n) is 3.95. The molecule has 0 aliphatic carbocycles. The lowest BCUT2D eigenvalue weighted by Gasteiger charge is -2.20. The van der Waals surface area contributed by atoms with Gasteiger partial charge in [-0.3, -0.25) is 0 Å². The Labute approximate surface area is 118 Å². The van der Waals surface area contributed by atoms with E-state index in [0.717, 1.165) is 45.5 Å². The third-order valence-corrected chi connectivity index (χ3v) is 4.38. The number of hydrogen-bond acceptors (Lipinski definition) is 3. The van der Waals surface area contributed by atoms with Crippen LogP contribution in [0.2, 0.25) is 0 Å². The van der Waals surface area contributed by atoms with Gasteiger partial charge in [0.05, 0.1) is 22.7 Å². The molecule has 1 aromatic carbocycles. The molecule has 1 heterocycles. The Bertz CT molecular complexity index is 423. The highest BCUT2D eigenvalue weighted by Gasteiger charge is 2.25. The van der Waals surface area contributed by atoms with Crippen LogP contribution >= 0.6 is 31.9 Å². The minimum absolute atomic E-state index is 0.285. The lowest BCUT2D eigenvalue weighted by atomic mass is 10.0. The Balaban J connectivity index is 2.61. The molecule has 1 atom stereocenters. The van der Waals surface area contributed by atoms with Crippen molar-refractivity contribution in [1.82, 2.24) is 5.32 Å².